The van der Waals surface area contributed by atoms with Gasteiger partial charge in [0.1, 0.15) is 11.3 Å². The smallest absolute Gasteiger partial charge is 0.258 e. The van der Waals surface area contributed by atoms with Crippen LogP contribution in [-0.2, 0) is 11.3 Å². The number of halogens is 1. The van der Waals surface area contributed by atoms with Crippen molar-refractivity contribution in [2.75, 3.05) is 20.8 Å². The van der Waals surface area contributed by atoms with Gasteiger partial charge in [0.15, 0.2) is 23.9 Å². The van der Waals surface area contributed by atoms with Crippen molar-refractivity contribution >= 4 is 28.5 Å². The molecule has 2 aromatic carbocycles. The Morgan fingerprint density at radius 1 is 1.06 bits per heavy atom. The van der Waals surface area contributed by atoms with E-state index in [1.165, 1.54) is 26.5 Å². The third-order valence-electron chi connectivity index (χ3n) is 4.84. The van der Waals surface area contributed by atoms with Gasteiger partial charge in [-0.25, -0.2) is 0 Å². The van der Waals surface area contributed by atoms with Crippen molar-refractivity contribution in [1.29, 1.82) is 0 Å². The first-order valence-corrected chi connectivity index (χ1v) is 10.3. The highest BCUT2D eigenvalue weighted by atomic mass is 35.5. The van der Waals surface area contributed by atoms with E-state index in [0.29, 0.717) is 33.4 Å². The maximum absolute atomic E-state index is 13.3. The molecule has 0 aliphatic carbocycles. The molecular formula is C24H20ClNO7. The fourth-order valence-corrected chi connectivity index (χ4v) is 3.41. The molecule has 0 radical (unpaired) electrons. The number of fused-ring (bicyclic) bond motifs is 1. The van der Waals surface area contributed by atoms with Crippen molar-refractivity contribution in [2.45, 2.75) is 6.54 Å². The standard InChI is InChI=1S/C24H20ClNO7/c1-29-19-7-5-14(10-20(19)30-2)23-24(22(28)17-11-15(25)6-8-18(17)33-23)32-13-21(27)26-12-16-4-3-9-31-16/h3-11H,12-13H2,1-2H3,(H,26,27). The van der Waals surface area contributed by atoms with Gasteiger partial charge in [0.25, 0.3) is 5.91 Å². The molecule has 0 atom stereocenters. The average Bonchev–Trinajstić information content (AvgIpc) is 3.35. The van der Waals surface area contributed by atoms with Crippen molar-refractivity contribution in [2.24, 2.45) is 0 Å². The number of methoxy groups -OCH3 is 2. The molecule has 0 bridgehead atoms. The predicted molar refractivity (Wildman–Crippen MR) is 122 cm³/mol. The first kappa shape index (κ1) is 22.3. The SMILES string of the molecule is COc1ccc(-c2oc3ccc(Cl)cc3c(=O)c2OCC(=O)NCc2ccco2)cc1OC. The molecule has 2 aromatic heterocycles. The summed E-state index contributed by atoms with van der Waals surface area (Å²) in [5.74, 6) is 1.14. The topological polar surface area (TPSA) is 100 Å². The van der Waals surface area contributed by atoms with Crippen LogP contribution in [0.15, 0.2) is 68.4 Å². The summed E-state index contributed by atoms with van der Waals surface area (Å²) in [6.45, 7) is -0.211. The number of rotatable bonds is 8. The van der Waals surface area contributed by atoms with E-state index in [2.05, 4.69) is 5.32 Å². The lowest BCUT2D eigenvalue weighted by Crippen LogP contribution is -2.29. The fraction of sp³-hybridized carbons (Fsp3) is 0.167. The summed E-state index contributed by atoms with van der Waals surface area (Å²) in [6.07, 6.45) is 1.51. The van der Waals surface area contributed by atoms with E-state index in [4.69, 9.17) is 34.6 Å². The number of ether oxygens (including phenoxy) is 3. The molecule has 170 valence electrons. The van der Waals surface area contributed by atoms with Gasteiger partial charge < -0.3 is 28.4 Å². The van der Waals surface area contributed by atoms with Gasteiger partial charge in [0.2, 0.25) is 11.2 Å². The highest BCUT2D eigenvalue weighted by molar-refractivity contribution is 6.31. The number of hydrogen-bond donors (Lipinski definition) is 1. The summed E-state index contributed by atoms with van der Waals surface area (Å²) < 4.78 is 27.5. The van der Waals surface area contributed by atoms with Crippen molar-refractivity contribution in [3.63, 3.8) is 0 Å². The third-order valence-corrected chi connectivity index (χ3v) is 5.08. The number of carbonyl (C=O) groups excluding carboxylic acids is 1. The molecule has 0 saturated carbocycles. The van der Waals surface area contributed by atoms with Crippen LogP contribution in [0.4, 0.5) is 0 Å². The van der Waals surface area contributed by atoms with Crippen LogP contribution in [0.5, 0.6) is 17.2 Å². The van der Waals surface area contributed by atoms with Crippen LogP contribution in [0.25, 0.3) is 22.3 Å². The van der Waals surface area contributed by atoms with Crippen LogP contribution in [0, 0.1) is 0 Å². The summed E-state index contributed by atoms with van der Waals surface area (Å²) in [7, 11) is 3.02. The largest absolute Gasteiger partial charge is 0.493 e. The highest BCUT2D eigenvalue weighted by Gasteiger charge is 2.20. The van der Waals surface area contributed by atoms with Gasteiger partial charge in [-0.1, -0.05) is 11.6 Å². The molecule has 1 N–H and O–H groups in total. The normalized spacial score (nSPS) is 10.8. The Hall–Kier alpha value is -3.91. The Balaban J connectivity index is 1.71. The number of benzene rings is 2. The van der Waals surface area contributed by atoms with Gasteiger partial charge in [-0.3, -0.25) is 9.59 Å². The minimum Gasteiger partial charge on any atom is -0.493 e. The minimum absolute atomic E-state index is 0.120. The lowest BCUT2D eigenvalue weighted by Gasteiger charge is -2.13. The Labute approximate surface area is 193 Å². The molecule has 33 heavy (non-hydrogen) atoms. The predicted octanol–water partition coefficient (Wildman–Crippen LogP) is 4.42. The van der Waals surface area contributed by atoms with E-state index in [0.717, 1.165) is 0 Å². The van der Waals surface area contributed by atoms with Gasteiger partial charge in [-0.15, -0.1) is 0 Å². The first-order chi connectivity index (χ1) is 16.0. The summed E-state index contributed by atoms with van der Waals surface area (Å²) in [4.78, 5) is 25.6. The van der Waals surface area contributed by atoms with E-state index in [-0.39, 0.29) is 23.4 Å². The second-order valence-corrected chi connectivity index (χ2v) is 7.38. The first-order valence-electron chi connectivity index (χ1n) is 9.90. The van der Waals surface area contributed by atoms with Crippen LogP contribution in [-0.4, -0.2) is 26.7 Å². The Bertz CT molecular complexity index is 1350. The third kappa shape index (κ3) is 4.80. The van der Waals surface area contributed by atoms with Gasteiger partial charge >= 0.3 is 0 Å². The fourth-order valence-electron chi connectivity index (χ4n) is 3.24. The maximum Gasteiger partial charge on any atom is 0.258 e. The highest BCUT2D eigenvalue weighted by Crippen LogP contribution is 2.37. The molecule has 0 saturated heterocycles. The van der Waals surface area contributed by atoms with Crippen molar-refractivity contribution < 1.29 is 27.8 Å². The molecule has 1 amide bonds. The molecular weight excluding hydrogens is 450 g/mol. The van der Waals surface area contributed by atoms with E-state index in [9.17, 15) is 9.59 Å². The molecule has 2 heterocycles. The average molecular weight is 470 g/mol. The quantitative estimate of drug-likeness (QED) is 0.407. The molecule has 4 rings (SSSR count). The molecule has 8 nitrogen and oxygen atoms in total. The zero-order valence-electron chi connectivity index (χ0n) is 17.8. The van der Waals surface area contributed by atoms with E-state index in [1.807, 2.05) is 0 Å². The zero-order chi connectivity index (χ0) is 23.4. The van der Waals surface area contributed by atoms with E-state index >= 15 is 0 Å². The monoisotopic (exact) mass is 469 g/mol. The number of furan rings is 1. The lowest BCUT2D eigenvalue weighted by molar-refractivity contribution is -0.123. The second kappa shape index (κ2) is 9.70. The van der Waals surface area contributed by atoms with Gasteiger partial charge in [-0.2, -0.15) is 0 Å². The van der Waals surface area contributed by atoms with Crippen molar-refractivity contribution in [3.05, 3.63) is 75.8 Å². The van der Waals surface area contributed by atoms with E-state index < -0.39 is 17.9 Å². The summed E-state index contributed by atoms with van der Waals surface area (Å²) in [5, 5.41) is 3.27. The van der Waals surface area contributed by atoms with Crippen molar-refractivity contribution in [1.82, 2.24) is 5.32 Å². The number of carbonyl (C=O) groups is 1. The second-order valence-electron chi connectivity index (χ2n) is 6.94. The van der Waals surface area contributed by atoms with Gasteiger partial charge in [-0.05, 0) is 48.5 Å². The van der Waals surface area contributed by atoms with E-state index in [1.54, 1.807) is 42.5 Å². The summed E-state index contributed by atoms with van der Waals surface area (Å²) in [5.41, 5.74) is 0.374. The zero-order valence-corrected chi connectivity index (χ0v) is 18.6. The summed E-state index contributed by atoms with van der Waals surface area (Å²) in [6, 6.07) is 13.2. The van der Waals surface area contributed by atoms with Crippen LogP contribution >= 0.6 is 11.6 Å². The number of amides is 1. The lowest BCUT2D eigenvalue weighted by atomic mass is 10.1. The van der Waals surface area contributed by atoms with Gasteiger partial charge in [0, 0.05) is 10.6 Å². The van der Waals surface area contributed by atoms with Crippen LogP contribution in [0.2, 0.25) is 5.02 Å². The Morgan fingerprint density at radius 3 is 2.61 bits per heavy atom. The molecule has 4 aromatic rings. The molecule has 0 spiro atoms. The van der Waals surface area contributed by atoms with Crippen LogP contribution < -0.4 is 25.0 Å². The molecule has 0 unspecified atom stereocenters. The number of nitrogens with one attached hydrogen (secondary N) is 1. The minimum atomic E-state index is -0.456. The van der Waals surface area contributed by atoms with Crippen molar-refractivity contribution in [3.8, 4) is 28.6 Å². The Morgan fingerprint density at radius 2 is 1.88 bits per heavy atom. The molecule has 0 aliphatic heterocycles. The maximum atomic E-state index is 13.3. The molecule has 0 fully saturated rings. The van der Waals surface area contributed by atoms with Crippen LogP contribution in [0.1, 0.15) is 5.76 Å². The van der Waals surface area contributed by atoms with Crippen LogP contribution in [0.3, 0.4) is 0 Å². The Kier molecular flexibility index (Phi) is 6.55. The molecule has 9 heteroatoms. The van der Waals surface area contributed by atoms with Gasteiger partial charge in [0.05, 0.1) is 32.4 Å². The molecule has 0 aliphatic rings. The number of hydrogen-bond acceptors (Lipinski definition) is 7. The summed E-state index contributed by atoms with van der Waals surface area (Å²) >= 11 is 6.07.